The molecule has 0 aliphatic rings. The molecule has 0 radical (unpaired) electrons. The molecule has 0 spiro atoms. The van der Waals surface area contributed by atoms with E-state index in [2.05, 4.69) is 0 Å². The first-order chi connectivity index (χ1) is 26.1. The molecule has 0 aliphatic carbocycles. The van der Waals surface area contributed by atoms with Gasteiger partial charge in [0.1, 0.15) is 10.1 Å². The minimum atomic E-state index is -9.47. The molecular formula is C20H3F34NaO7S. The predicted molar refractivity (Wildman–Crippen MR) is 112 cm³/mol. The molecule has 0 fully saturated rings. The summed E-state index contributed by atoms with van der Waals surface area (Å²) in [7, 11) is -7.71. The Morgan fingerprint density at radius 3 is 0.762 bits per heavy atom. The van der Waals surface area contributed by atoms with E-state index < -0.39 is 129 Å². The van der Waals surface area contributed by atoms with Gasteiger partial charge >= 0.3 is 137 Å². The zero-order valence-corrected chi connectivity index (χ0v) is 30.2. The van der Waals surface area contributed by atoms with E-state index in [0.717, 1.165) is 0 Å². The van der Waals surface area contributed by atoms with Crippen LogP contribution in [0.4, 0.5) is 149 Å². The van der Waals surface area contributed by atoms with Crippen LogP contribution in [0.2, 0.25) is 0 Å². The smallest absolute Gasteiger partial charge is 0.747 e. The summed E-state index contributed by atoms with van der Waals surface area (Å²) in [5, 5.41) is -5.35. The maximum Gasteiger partial charge on any atom is 1.00 e. The van der Waals surface area contributed by atoms with Crippen molar-refractivity contribution in [2.75, 3.05) is 0 Å². The Labute approximate surface area is 340 Å². The van der Waals surface area contributed by atoms with Crippen LogP contribution < -0.4 is 29.6 Å². The van der Waals surface area contributed by atoms with Gasteiger partial charge in [-0.15, -0.1) is 0 Å². The van der Waals surface area contributed by atoms with Gasteiger partial charge in [0.05, 0.1) is 6.42 Å². The molecule has 0 aromatic heterocycles. The molecule has 370 valence electrons. The number of carbonyl (C=O) groups excluding carboxylic acids is 2. The maximum atomic E-state index is 13.9. The third kappa shape index (κ3) is 9.03. The molecular weight excluding hydrogens is 1050 g/mol. The van der Waals surface area contributed by atoms with Gasteiger partial charge in [-0.1, -0.05) is 0 Å². The fourth-order valence-electron chi connectivity index (χ4n) is 3.26. The van der Waals surface area contributed by atoms with Crippen LogP contribution in [0, 0.1) is 0 Å². The summed E-state index contributed by atoms with van der Waals surface area (Å²) in [6.45, 7) is 0. The molecule has 0 aromatic rings. The number of esters is 2. The molecule has 1 unspecified atom stereocenters. The van der Waals surface area contributed by atoms with Crippen LogP contribution in [0.15, 0.2) is 0 Å². The van der Waals surface area contributed by atoms with Crippen LogP contribution >= 0.6 is 0 Å². The van der Waals surface area contributed by atoms with Crippen LogP contribution in [0.1, 0.15) is 6.42 Å². The van der Waals surface area contributed by atoms with E-state index >= 15 is 0 Å². The van der Waals surface area contributed by atoms with Gasteiger partial charge < -0.3 is 14.0 Å². The molecule has 0 aromatic carbocycles. The Morgan fingerprint density at radius 2 is 0.556 bits per heavy atom. The number of rotatable bonds is 18. The standard InChI is InChI=1S/C20H4F34O7S.Na/c21-5(22,9(29,30)13(37,38)17(45,46)47)7(25,26)11(33,34)15(41,42)19(51,52)60-3(55)1-2(62(57,58)59)4(56)61-20(53,54)16(43,44)12(35,36)8(27,28)6(23,24)10(31,32)14(39,40)18(48,49)50;/h2H,1H2,(H,57,58,59);/q;+1/p-1. The number of alkyl halides is 34. The van der Waals surface area contributed by atoms with Crippen LogP contribution in [-0.4, -0.2) is 126 Å². The zero-order valence-electron chi connectivity index (χ0n) is 27.4. The summed E-state index contributed by atoms with van der Waals surface area (Å²) in [5.74, 6) is -119. The summed E-state index contributed by atoms with van der Waals surface area (Å²) in [4.78, 5) is 23.0. The molecule has 43 heteroatoms. The molecule has 0 heterocycles. The summed E-state index contributed by atoms with van der Waals surface area (Å²) in [6, 6.07) is 0. The van der Waals surface area contributed by atoms with Gasteiger partial charge in [-0.2, -0.15) is 149 Å². The third-order valence-corrected chi connectivity index (χ3v) is 7.88. The molecule has 0 saturated heterocycles. The Kier molecular flexibility index (Phi) is 16.2. The SMILES string of the molecule is O=C(CC(C(=O)OC(F)(F)C(F)(F)C(F)(F)C(F)(F)C(F)(F)C(F)(F)C(F)(F)C(F)(F)F)S(=O)(=O)[O-])OC(F)(F)C(F)(F)C(F)(F)C(F)(F)C(F)(F)C(F)(F)C(F)(F)C(F)(F)F.[Na+]. The fraction of sp³-hybridized carbons (Fsp3) is 0.900. The van der Waals surface area contributed by atoms with Crippen LogP contribution in [0.25, 0.3) is 0 Å². The van der Waals surface area contributed by atoms with E-state index in [4.69, 9.17) is 0 Å². The molecule has 7 nitrogen and oxygen atoms in total. The van der Waals surface area contributed by atoms with Gasteiger partial charge in [-0.05, 0) is 0 Å². The average Bonchev–Trinajstić information content (AvgIpc) is 3.00. The molecule has 0 saturated carbocycles. The monoisotopic (exact) mass is 1060 g/mol. The second-order valence-electron chi connectivity index (χ2n) is 11.0. The van der Waals surface area contributed by atoms with Gasteiger partial charge in [-0.3, -0.25) is 9.59 Å². The molecule has 0 aliphatic heterocycles. The Bertz CT molecular complexity index is 1800. The van der Waals surface area contributed by atoms with Crippen LogP contribution in [-0.2, 0) is 29.2 Å². The first-order valence-electron chi connectivity index (χ1n) is 12.9. The summed E-state index contributed by atoms with van der Waals surface area (Å²) in [5.41, 5.74) is 0. The number of halogens is 34. The van der Waals surface area contributed by atoms with Crippen molar-refractivity contribution in [2.24, 2.45) is 0 Å². The molecule has 0 amide bonds. The Morgan fingerprint density at radius 1 is 0.365 bits per heavy atom. The number of hydrogen-bond acceptors (Lipinski definition) is 7. The summed E-state index contributed by atoms with van der Waals surface area (Å²) >= 11 is 0. The minimum Gasteiger partial charge on any atom is -0.747 e. The van der Waals surface area contributed by atoms with Crippen LogP contribution in [0.5, 0.6) is 0 Å². The molecule has 0 N–H and O–H groups in total. The second-order valence-corrected chi connectivity index (χ2v) is 12.6. The van der Waals surface area contributed by atoms with Gasteiger partial charge in [0.15, 0.2) is 5.25 Å². The molecule has 0 rings (SSSR count). The zero-order chi connectivity index (χ0) is 51.4. The largest absolute Gasteiger partial charge is 1.00 e. The molecule has 1 atom stereocenters. The first kappa shape index (κ1) is 62.6. The normalized spacial score (nSPS) is 16.6. The van der Waals surface area contributed by atoms with E-state index in [1.807, 2.05) is 0 Å². The number of hydrogen-bond donors (Lipinski definition) is 0. The van der Waals surface area contributed by atoms with Crippen molar-refractivity contribution in [1.29, 1.82) is 0 Å². The summed E-state index contributed by atoms with van der Waals surface area (Å²) < 4.78 is 488. The topological polar surface area (TPSA) is 110 Å². The van der Waals surface area contributed by atoms with Gasteiger partial charge in [0.2, 0.25) is 0 Å². The van der Waals surface area contributed by atoms with Crippen molar-refractivity contribution < 1.29 is 211 Å². The van der Waals surface area contributed by atoms with Crippen molar-refractivity contribution in [3.63, 3.8) is 0 Å². The molecule has 0 bridgehead atoms. The predicted octanol–water partition coefficient (Wildman–Crippen LogP) is 6.31. The first-order valence-corrected chi connectivity index (χ1v) is 14.4. The van der Waals surface area contributed by atoms with E-state index in [-0.39, 0.29) is 29.6 Å². The van der Waals surface area contributed by atoms with Crippen molar-refractivity contribution >= 4 is 22.1 Å². The van der Waals surface area contributed by atoms with Gasteiger partial charge in [0.25, 0.3) is 0 Å². The van der Waals surface area contributed by atoms with Crippen molar-refractivity contribution in [3.8, 4) is 0 Å². The van der Waals surface area contributed by atoms with E-state index in [0.29, 0.717) is 0 Å². The average molecular weight is 1060 g/mol. The number of carbonyl (C=O) groups is 2. The fourth-order valence-corrected chi connectivity index (χ4v) is 3.88. The Hall–Kier alpha value is -2.53. The van der Waals surface area contributed by atoms with Crippen molar-refractivity contribution in [3.05, 3.63) is 0 Å². The van der Waals surface area contributed by atoms with Gasteiger partial charge in [0, 0.05) is 0 Å². The maximum absolute atomic E-state index is 13.9. The van der Waals surface area contributed by atoms with E-state index in [9.17, 15) is 172 Å². The molecule has 63 heavy (non-hydrogen) atoms. The van der Waals surface area contributed by atoms with Gasteiger partial charge in [-0.25, -0.2) is 8.42 Å². The van der Waals surface area contributed by atoms with Crippen molar-refractivity contribution in [2.45, 2.75) is 107 Å². The quantitative estimate of drug-likeness (QED) is 0.0686. The van der Waals surface area contributed by atoms with Crippen LogP contribution in [0.3, 0.4) is 0 Å². The Balaban J connectivity index is 0. The number of ether oxygens (including phenoxy) is 2. The third-order valence-electron chi connectivity index (χ3n) is 6.82. The van der Waals surface area contributed by atoms with E-state index in [1.54, 1.807) is 9.47 Å². The second kappa shape index (κ2) is 16.4. The minimum absolute atomic E-state index is 0. The summed E-state index contributed by atoms with van der Waals surface area (Å²) in [6.07, 6.45) is -37.5. The van der Waals surface area contributed by atoms with Crippen molar-refractivity contribution in [1.82, 2.24) is 0 Å². The van der Waals surface area contributed by atoms with E-state index in [1.165, 1.54) is 0 Å².